The van der Waals surface area contributed by atoms with Crippen LogP contribution in [0, 0.1) is 5.41 Å². The van der Waals surface area contributed by atoms with Crippen molar-refractivity contribution in [3.8, 4) is 0 Å². The average Bonchev–Trinajstić information content (AvgIpc) is 2.72. The molecule has 0 aliphatic heterocycles. The van der Waals surface area contributed by atoms with E-state index in [0.717, 1.165) is 11.1 Å². The van der Waals surface area contributed by atoms with Crippen molar-refractivity contribution in [3.63, 3.8) is 0 Å². The van der Waals surface area contributed by atoms with Gasteiger partial charge in [0.1, 0.15) is 6.04 Å². The molecule has 0 spiro atoms. The maximum Gasteiger partial charge on any atom is 0.405 e. The minimum Gasteiger partial charge on any atom is -0.465 e. The number of carbonyl (C=O) groups is 2. The van der Waals surface area contributed by atoms with Crippen LogP contribution in [-0.4, -0.2) is 46.4 Å². The Morgan fingerprint density at radius 2 is 1.41 bits per heavy atom. The first-order valence-electron chi connectivity index (χ1n) is 10.9. The predicted molar refractivity (Wildman–Crippen MR) is 125 cm³/mol. The minimum absolute atomic E-state index is 0.249. The summed E-state index contributed by atoms with van der Waals surface area (Å²) in [5.74, 6) is -0.426. The molecular weight excluding hydrogens is 406 g/mol. The molecule has 0 bridgehead atoms. The van der Waals surface area contributed by atoms with Crippen LogP contribution in [0.15, 0.2) is 60.7 Å². The van der Waals surface area contributed by atoms with Gasteiger partial charge in [-0.3, -0.25) is 4.79 Å². The van der Waals surface area contributed by atoms with Crippen molar-refractivity contribution < 1.29 is 19.8 Å². The lowest BCUT2D eigenvalue weighted by atomic mass is 9.85. The van der Waals surface area contributed by atoms with Crippen LogP contribution in [0.2, 0.25) is 0 Å². The Hall–Kier alpha value is -2.90. The molecule has 2 aromatic rings. The van der Waals surface area contributed by atoms with Gasteiger partial charge in [-0.25, -0.2) is 4.79 Å². The maximum absolute atomic E-state index is 13.0. The fraction of sp³-hybridized carbons (Fsp3) is 0.440. The van der Waals surface area contributed by atoms with E-state index >= 15 is 0 Å². The number of carbonyl (C=O) groups excluding carboxylic acids is 1. The molecule has 7 nitrogen and oxygen atoms in total. The SMILES string of the molecule is CC(C)(C)[C@H](NC(=O)O)C(=O)N[C@@H](Cc1ccccc1)C[C@H](O)[C@@H](N)Cc1ccccc1. The molecule has 0 aromatic heterocycles. The van der Waals surface area contributed by atoms with E-state index in [0.29, 0.717) is 12.8 Å². The molecule has 0 radical (unpaired) electrons. The second kappa shape index (κ2) is 11.6. The third kappa shape index (κ3) is 8.32. The summed E-state index contributed by atoms with van der Waals surface area (Å²) < 4.78 is 0. The van der Waals surface area contributed by atoms with Gasteiger partial charge in [0.05, 0.1) is 6.10 Å². The zero-order valence-electron chi connectivity index (χ0n) is 19.0. The fourth-order valence-electron chi connectivity index (χ4n) is 3.66. The number of hydrogen-bond acceptors (Lipinski definition) is 4. The Bertz CT molecular complexity index is 852. The van der Waals surface area contributed by atoms with Crippen molar-refractivity contribution in [2.75, 3.05) is 0 Å². The van der Waals surface area contributed by atoms with E-state index in [2.05, 4.69) is 10.6 Å². The second-order valence-electron chi connectivity index (χ2n) is 9.30. The lowest BCUT2D eigenvalue weighted by Crippen LogP contribution is -2.56. The monoisotopic (exact) mass is 441 g/mol. The van der Waals surface area contributed by atoms with Gasteiger partial charge in [-0.1, -0.05) is 81.4 Å². The molecule has 4 atom stereocenters. The molecule has 0 fully saturated rings. The lowest BCUT2D eigenvalue weighted by molar-refractivity contribution is -0.126. The van der Waals surface area contributed by atoms with Crippen LogP contribution >= 0.6 is 0 Å². The molecule has 2 amide bonds. The molecule has 0 unspecified atom stereocenters. The van der Waals surface area contributed by atoms with E-state index in [-0.39, 0.29) is 6.42 Å². The first-order chi connectivity index (χ1) is 15.1. The standard InChI is InChI=1S/C25H35N3O4/c1-25(2,3)22(28-24(31)32)23(30)27-19(14-17-10-6-4-7-11-17)16-21(29)20(26)15-18-12-8-5-9-13-18/h4-13,19-22,28-29H,14-16,26H2,1-3H3,(H,27,30)(H,31,32)/t19-,20-,21-,22+/m0/s1. The highest BCUT2D eigenvalue weighted by atomic mass is 16.4. The number of nitrogens with two attached hydrogens (primary N) is 1. The molecular formula is C25H35N3O4. The smallest absolute Gasteiger partial charge is 0.405 e. The normalized spacial score (nSPS) is 15.3. The van der Waals surface area contributed by atoms with Gasteiger partial charge in [-0.05, 0) is 35.8 Å². The van der Waals surface area contributed by atoms with Gasteiger partial charge >= 0.3 is 6.09 Å². The van der Waals surface area contributed by atoms with Gasteiger partial charge in [-0.15, -0.1) is 0 Å². The molecule has 0 aliphatic rings. The Labute approximate surface area is 190 Å². The highest BCUT2D eigenvalue weighted by Crippen LogP contribution is 2.20. The summed E-state index contributed by atoms with van der Waals surface area (Å²) in [7, 11) is 0. The van der Waals surface area contributed by atoms with Crippen molar-refractivity contribution in [1.29, 1.82) is 0 Å². The molecule has 7 heteroatoms. The predicted octanol–water partition coefficient (Wildman–Crippen LogP) is 2.72. The summed E-state index contributed by atoms with van der Waals surface area (Å²) in [6.45, 7) is 5.39. The van der Waals surface area contributed by atoms with Crippen molar-refractivity contribution in [3.05, 3.63) is 71.8 Å². The fourth-order valence-corrected chi connectivity index (χ4v) is 3.66. The summed E-state index contributed by atoms with van der Waals surface area (Å²) in [6, 6.07) is 17.5. The largest absolute Gasteiger partial charge is 0.465 e. The molecule has 2 rings (SSSR count). The summed E-state index contributed by atoms with van der Waals surface area (Å²) in [5.41, 5.74) is 7.67. The van der Waals surface area contributed by atoms with Gasteiger partial charge in [-0.2, -0.15) is 0 Å². The summed E-state index contributed by atoms with van der Waals surface area (Å²) in [6.07, 6.45) is -0.849. The topological polar surface area (TPSA) is 125 Å². The van der Waals surface area contributed by atoms with Crippen LogP contribution in [0.3, 0.4) is 0 Å². The van der Waals surface area contributed by atoms with Crippen LogP contribution in [0.5, 0.6) is 0 Å². The van der Waals surface area contributed by atoms with Crippen LogP contribution in [-0.2, 0) is 17.6 Å². The third-order valence-electron chi connectivity index (χ3n) is 5.40. The molecule has 0 saturated carbocycles. The van der Waals surface area contributed by atoms with Crippen LogP contribution in [0.4, 0.5) is 4.79 Å². The van der Waals surface area contributed by atoms with E-state index in [9.17, 15) is 19.8 Å². The molecule has 6 N–H and O–H groups in total. The quantitative estimate of drug-likeness (QED) is 0.388. The minimum atomic E-state index is -1.26. The third-order valence-corrected chi connectivity index (χ3v) is 5.40. The van der Waals surface area contributed by atoms with Gasteiger partial charge in [0.25, 0.3) is 0 Å². The summed E-state index contributed by atoms with van der Waals surface area (Å²) in [5, 5.41) is 25.2. The lowest BCUT2D eigenvalue weighted by Gasteiger charge is -2.32. The number of rotatable bonds is 10. The van der Waals surface area contributed by atoms with Crippen molar-refractivity contribution in [2.45, 2.75) is 64.3 Å². The zero-order valence-corrected chi connectivity index (χ0v) is 19.0. The van der Waals surface area contributed by atoms with Gasteiger partial charge in [0.15, 0.2) is 0 Å². The molecule has 0 aliphatic carbocycles. The van der Waals surface area contributed by atoms with E-state index in [1.54, 1.807) is 20.8 Å². The Kier molecular flexibility index (Phi) is 9.23. The van der Waals surface area contributed by atoms with Crippen LogP contribution < -0.4 is 16.4 Å². The number of aliphatic hydroxyl groups excluding tert-OH is 1. The first-order valence-corrected chi connectivity index (χ1v) is 10.9. The van der Waals surface area contributed by atoms with Gasteiger partial charge in [0, 0.05) is 12.1 Å². The molecule has 0 saturated heterocycles. The van der Waals surface area contributed by atoms with E-state index in [4.69, 9.17) is 5.73 Å². The number of nitrogens with one attached hydrogen (secondary N) is 2. The second-order valence-corrected chi connectivity index (χ2v) is 9.30. The van der Waals surface area contributed by atoms with E-state index in [1.165, 1.54) is 0 Å². The summed E-state index contributed by atoms with van der Waals surface area (Å²) in [4.78, 5) is 24.2. The number of carboxylic acid groups (broad SMARTS) is 1. The number of hydrogen-bond donors (Lipinski definition) is 5. The zero-order chi connectivity index (χ0) is 23.7. The highest BCUT2D eigenvalue weighted by Gasteiger charge is 2.34. The molecule has 32 heavy (non-hydrogen) atoms. The molecule has 0 heterocycles. The highest BCUT2D eigenvalue weighted by molar-refractivity contribution is 5.86. The first kappa shape index (κ1) is 25.4. The van der Waals surface area contributed by atoms with Crippen molar-refractivity contribution in [2.24, 2.45) is 11.1 Å². The average molecular weight is 442 g/mol. The molecule has 2 aromatic carbocycles. The van der Waals surface area contributed by atoms with Gasteiger partial charge < -0.3 is 26.6 Å². The number of benzene rings is 2. The van der Waals surface area contributed by atoms with E-state index < -0.39 is 41.6 Å². The Morgan fingerprint density at radius 1 is 0.906 bits per heavy atom. The molecule has 174 valence electrons. The number of aliphatic hydroxyl groups is 1. The van der Waals surface area contributed by atoms with Crippen molar-refractivity contribution in [1.82, 2.24) is 10.6 Å². The van der Waals surface area contributed by atoms with E-state index in [1.807, 2.05) is 60.7 Å². The van der Waals surface area contributed by atoms with Crippen molar-refractivity contribution >= 4 is 12.0 Å². The number of amides is 2. The van der Waals surface area contributed by atoms with Gasteiger partial charge in [0.2, 0.25) is 5.91 Å². The maximum atomic E-state index is 13.0. The summed E-state index contributed by atoms with van der Waals surface area (Å²) >= 11 is 0. The van der Waals surface area contributed by atoms with Crippen LogP contribution in [0.1, 0.15) is 38.3 Å². The Balaban J connectivity index is 2.14. The van der Waals surface area contributed by atoms with Crippen LogP contribution in [0.25, 0.3) is 0 Å². The Morgan fingerprint density at radius 3 is 1.88 bits per heavy atom.